The molecule has 0 radical (unpaired) electrons. The lowest BCUT2D eigenvalue weighted by Gasteiger charge is -2.37. The quantitative estimate of drug-likeness (QED) is 0.234. The van der Waals surface area contributed by atoms with Gasteiger partial charge in [-0.2, -0.15) is 0 Å². The van der Waals surface area contributed by atoms with Crippen molar-refractivity contribution in [2.75, 3.05) is 27.7 Å². The summed E-state index contributed by atoms with van der Waals surface area (Å²) < 4.78 is 21.0. The summed E-state index contributed by atoms with van der Waals surface area (Å²) in [7, 11) is 0.583. The predicted octanol–water partition coefficient (Wildman–Crippen LogP) is 0.637. The van der Waals surface area contributed by atoms with Crippen molar-refractivity contribution in [1.29, 1.82) is 0 Å². The molecule has 0 heterocycles. The Labute approximate surface area is 107 Å². The fraction of sp³-hybridized carbons (Fsp3) is 0.700. The number of rotatable bonds is 7. The molecule has 0 aliphatic rings. The summed E-state index contributed by atoms with van der Waals surface area (Å²) in [4.78, 5) is 29.1. The number of carbonyl (C=O) groups excluding carboxylic acids is 1. The van der Waals surface area contributed by atoms with E-state index in [1.807, 2.05) is 0 Å². The molecule has 0 amide bonds. The van der Waals surface area contributed by atoms with Gasteiger partial charge in [0.05, 0.1) is 21.1 Å². The van der Waals surface area contributed by atoms with Gasteiger partial charge in [-0.1, -0.05) is 13.5 Å². The molecule has 0 aromatic rings. The molecule has 0 bridgehead atoms. The molecule has 0 saturated heterocycles. The molecular weight excluding hydrogens is 261 g/mol. The van der Waals surface area contributed by atoms with E-state index in [-0.39, 0.29) is 13.0 Å². The fourth-order valence-electron chi connectivity index (χ4n) is 1.49. The number of quaternary nitrogens is 1. The Bertz CT molecular complexity index is 358. The van der Waals surface area contributed by atoms with E-state index in [2.05, 4.69) is 11.1 Å². The molecule has 18 heavy (non-hydrogen) atoms. The molecule has 0 aliphatic heterocycles. The lowest BCUT2D eigenvalue weighted by atomic mass is 10.2. The summed E-state index contributed by atoms with van der Waals surface area (Å²) in [6.45, 7) is 4.95. The Morgan fingerprint density at radius 2 is 1.94 bits per heavy atom. The van der Waals surface area contributed by atoms with Crippen LogP contribution in [-0.4, -0.2) is 53.7 Å². The van der Waals surface area contributed by atoms with Crippen LogP contribution in [-0.2, 0) is 18.6 Å². The minimum absolute atomic E-state index is 0.0915. The molecular formula is C10H21NO6P+. The predicted molar refractivity (Wildman–Crippen MR) is 65.3 cm³/mol. The van der Waals surface area contributed by atoms with Crippen molar-refractivity contribution in [3.63, 3.8) is 0 Å². The number of hydrogen-bond acceptors (Lipinski definition) is 4. The first-order valence-electron chi connectivity index (χ1n) is 5.35. The minimum atomic E-state index is -4.78. The molecule has 8 heteroatoms. The lowest BCUT2D eigenvalue weighted by Crippen LogP contribution is -2.52. The molecule has 0 aliphatic carbocycles. The zero-order chi connectivity index (χ0) is 14.6. The number of ether oxygens (including phenoxy) is 1. The van der Waals surface area contributed by atoms with E-state index >= 15 is 0 Å². The monoisotopic (exact) mass is 282 g/mol. The van der Waals surface area contributed by atoms with E-state index in [1.165, 1.54) is 0 Å². The Balaban J connectivity index is 5.25. The third-order valence-corrected chi connectivity index (χ3v) is 2.56. The number of phosphoric ester groups is 1. The Hall–Kier alpha value is -0.720. The second kappa shape index (κ2) is 5.95. The largest absolute Gasteiger partial charge is 0.473 e. The van der Waals surface area contributed by atoms with Gasteiger partial charge in [-0.15, -0.1) is 0 Å². The molecule has 1 unspecified atom stereocenters. The molecule has 0 aromatic heterocycles. The van der Waals surface area contributed by atoms with E-state index in [0.717, 1.165) is 6.08 Å². The molecule has 0 spiro atoms. The van der Waals surface area contributed by atoms with Gasteiger partial charge >= 0.3 is 13.8 Å². The molecule has 106 valence electrons. The van der Waals surface area contributed by atoms with E-state index in [4.69, 9.17) is 14.5 Å². The Kier molecular flexibility index (Phi) is 5.71. The minimum Gasteiger partial charge on any atom is -0.423 e. The molecule has 0 saturated carbocycles. The van der Waals surface area contributed by atoms with Crippen LogP contribution in [0.15, 0.2) is 12.7 Å². The van der Waals surface area contributed by atoms with Crippen LogP contribution in [0.4, 0.5) is 0 Å². The van der Waals surface area contributed by atoms with E-state index in [1.54, 1.807) is 28.1 Å². The third kappa shape index (κ3) is 6.88. The summed E-state index contributed by atoms with van der Waals surface area (Å²) in [6, 6.07) is 0. The van der Waals surface area contributed by atoms with Gasteiger partial charge in [0.2, 0.25) is 0 Å². The molecule has 0 fully saturated rings. The zero-order valence-electron chi connectivity index (χ0n) is 11.1. The number of hydrogen-bond donors (Lipinski definition) is 2. The van der Waals surface area contributed by atoms with Crippen molar-refractivity contribution in [3.8, 4) is 0 Å². The first-order valence-corrected chi connectivity index (χ1v) is 6.88. The van der Waals surface area contributed by atoms with Crippen LogP contribution in [0.2, 0.25) is 0 Å². The highest BCUT2D eigenvalue weighted by atomic mass is 31.2. The van der Waals surface area contributed by atoms with Crippen LogP contribution in [0.1, 0.15) is 13.3 Å². The summed E-state index contributed by atoms with van der Waals surface area (Å²) in [6.07, 6.45) is 1.02. The average molecular weight is 282 g/mol. The summed E-state index contributed by atoms with van der Waals surface area (Å²) >= 11 is 0. The third-order valence-electron chi connectivity index (χ3n) is 1.99. The topological polar surface area (TPSA) is 93.1 Å². The standard InChI is InChI=1S/C10H20NO6P/c1-6-9(12)16-10(7-2,8-11(3,4)5)17-18(13,14)15/h6H,1,7-8H2,2-5H3,(H-,13,14,15)/p+1. The van der Waals surface area contributed by atoms with Crippen LogP contribution >= 0.6 is 7.82 Å². The number of nitrogens with zero attached hydrogens (tertiary/aromatic N) is 1. The highest BCUT2D eigenvalue weighted by Gasteiger charge is 2.44. The maximum atomic E-state index is 11.3. The first-order chi connectivity index (χ1) is 7.93. The molecule has 0 rings (SSSR count). The molecule has 7 nitrogen and oxygen atoms in total. The molecule has 1 atom stereocenters. The second-order valence-electron chi connectivity index (χ2n) is 4.92. The molecule has 0 aromatic carbocycles. The average Bonchev–Trinajstić information content (AvgIpc) is 2.12. The van der Waals surface area contributed by atoms with Gasteiger partial charge in [0, 0.05) is 12.5 Å². The van der Waals surface area contributed by atoms with Gasteiger partial charge in [0.1, 0.15) is 6.54 Å². The van der Waals surface area contributed by atoms with Crippen LogP contribution in [0.3, 0.4) is 0 Å². The van der Waals surface area contributed by atoms with Gasteiger partial charge in [-0.3, -0.25) is 0 Å². The molecule has 2 N–H and O–H groups in total. The number of phosphoric acid groups is 1. The number of carbonyl (C=O) groups is 1. The van der Waals surface area contributed by atoms with Crippen LogP contribution in [0.25, 0.3) is 0 Å². The SMILES string of the molecule is C=CC(=O)OC(CC)(C[N+](C)(C)C)OP(=O)(O)O. The Morgan fingerprint density at radius 1 is 1.44 bits per heavy atom. The Morgan fingerprint density at radius 3 is 2.22 bits per heavy atom. The van der Waals surface area contributed by atoms with Gasteiger partial charge in [-0.05, 0) is 0 Å². The van der Waals surface area contributed by atoms with Crippen molar-refractivity contribution >= 4 is 13.8 Å². The van der Waals surface area contributed by atoms with Crippen molar-refractivity contribution in [2.45, 2.75) is 19.1 Å². The van der Waals surface area contributed by atoms with Crippen molar-refractivity contribution in [3.05, 3.63) is 12.7 Å². The zero-order valence-corrected chi connectivity index (χ0v) is 12.0. The smallest absolute Gasteiger partial charge is 0.423 e. The van der Waals surface area contributed by atoms with Crippen molar-refractivity contribution < 1.29 is 32.9 Å². The van der Waals surface area contributed by atoms with E-state index in [9.17, 15) is 9.36 Å². The first kappa shape index (κ1) is 17.3. The maximum absolute atomic E-state index is 11.3. The fourth-order valence-corrected chi connectivity index (χ4v) is 2.15. The van der Waals surface area contributed by atoms with Crippen LogP contribution < -0.4 is 0 Å². The van der Waals surface area contributed by atoms with Gasteiger partial charge in [0.25, 0.3) is 5.79 Å². The number of likely N-dealkylation sites (N-methyl/N-ethyl adjacent to an activating group) is 1. The second-order valence-corrected chi connectivity index (χ2v) is 6.08. The summed E-state index contributed by atoms with van der Waals surface area (Å²) in [5.74, 6) is -2.47. The highest BCUT2D eigenvalue weighted by molar-refractivity contribution is 7.46. The summed E-state index contributed by atoms with van der Waals surface area (Å²) in [5.41, 5.74) is 0. The maximum Gasteiger partial charge on any atom is 0.473 e. The lowest BCUT2D eigenvalue weighted by molar-refractivity contribution is -0.880. The van der Waals surface area contributed by atoms with Gasteiger partial charge < -0.3 is 19.0 Å². The van der Waals surface area contributed by atoms with Crippen LogP contribution in [0.5, 0.6) is 0 Å². The van der Waals surface area contributed by atoms with Crippen LogP contribution in [0, 0.1) is 0 Å². The van der Waals surface area contributed by atoms with E-state index in [0.29, 0.717) is 4.48 Å². The van der Waals surface area contributed by atoms with Crippen molar-refractivity contribution in [1.82, 2.24) is 0 Å². The summed E-state index contributed by atoms with van der Waals surface area (Å²) in [5, 5.41) is 0. The number of esters is 1. The van der Waals surface area contributed by atoms with Crippen molar-refractivity contribution in [2.24, 2.45) is 0 Å². The van der Waals surface area contributed by atoms with E-state index < -0.39 is 19.6 Å². The van der Waals surface area contributed by atoms with Gasteiger partial charge in [-0.25, -0.2) is 13.9 Å². The normalized spacial score (nSPS) is 15.9. The highest BCUT2D eigenvalue weighted by Crippen LogP contribution is 2.43. The van der Waals surface area contributed by atoms with Gasteiger partial charge in [0.15, 0.2) is 0 Å².